The summed E-state index contributed by atoms with van der Waals surface area (Å²) in [5.41, 5.74) is 3.46. The maximum atomic E-state index is 11.8. The number of thioether (sulfide) groups is 1. The zero-order chi connectivity index (χ0) is 17.4. The predicted molar refractivity (Wildman–Crippen MR) is 102 cm³/mol. The minimum absolute atomic E-state index is 0.0478. The second-order valence-corrected chi connectivity index (χ2v) is 7.06. The molecule has 0 aliphatic carbocycles. The molecular formula is C19H22ClNO2S. The number of rotatable bonds is 8. The Morgan fingerprint density at radius 3 is 2.67 bits per heavy atom. The summed E-state index contributed by atoms with van der Waals surface area (Å²) in [6.45, 7) is 4.70. The lowest BCUT2D eigenvalue weighted by molar-refractivity contribution is -0.122. The van der Waals surface area contributed by atoms with Gasteiger partial charge in [-0.3, -0.25) is 4.79 Å². The number of aryl methyl sites for hydroxylation is 1. The van der Waals surface area contributed by atoms with E-state index in [1.54, 1.807) is 11.8 Å². The van der Waals surface area contributed by atoms with E-state index in [1.165, 1.54) is 5.56 Å². The first kappa shape index (κ1) is 18.7. The largest absolute Gasteiger partial charge is 0.483 e. The van der Waals surface area contributed by atoms with Crippen molar-refractivity contribution in [3.8, 4) is 5.75 Å². The molecule has 0 fully saturated rings. The molecule has 0 radical (unpaired) electrons. The van der Waals surface area contributed by atoms with Crippen LogP contribution in [-0.2, 0) is 10.5 Å². The Balaban J connectivity index is 1.61. The number of nitrogens with one attached hydrogen (secondary N) is 1. The molecule has 0 unspecified atom stereocenters. The topological polar surface area (TPSA) is 38.3 Å². The summed E-state index contributed by atoms with van der Waals surface area (Å²) in [5, 5.41) is 3.63. The van der Waals surface area contributed by atoms with Gasteiger partial charge in [0.25, 0.3) is 5.91 Å². The lowest BCUT2D eigenvalue weighted by Crippen LogP contribution is -2.30. The maximum Gasteiger partial charge on any atom is 0.257 e. The molecule has 0 atom stereocenters. The van der Waals surface area contributed by atoms with Crippen molar-refractivity contribution in [1.29, 1.82) is 0 Å². The van der Waals surface area contributed by atoms with Crippen LogP contribution in [0.2, 0.25) is 5.02 Å². The highest BCUT2D eigenvalue weighted by Gasteiger charge is 2.05. The first-order valence-corrected chi connectivity index (χ1v) is 9.37. The van der Waals surface area contributed by atoms with Crippen LogP contribution in [0.15, 0.2) is 42.5 Å². The van der Waals surface area contributed by atoms with E-state index < -0.39 is 0 Å². The third-order valence-corrected chi connectivity index (χ3v) is 4.95. The van der Waals surface area contributed by atoms with Crippen molar-refractivity contribution in [2.45, 2.75) is 19.6 Å². The number of hydrogen-bond acceptors (Lipinski definition) is 3. The van der Waals surface area contributed by atoms with E-state index in [4.69, 9.17) is 16.3 Å². The highest BCUT2D eigenvalue weighted by molar-refractivity contribution is 7.98. The van der Waals surface area contributed by atoms with Crippen molar-refractivity contribution in [1.82, 2.24) is 5.32 Å². The second-order valence-electron chi connectivity index (χ2n) is 5.52. The van der Waals surface area contributed by atoms with Crippen LogP contribution < -0.4 is 10.1 Å². The fraction of sp³-hybridized carbons (Fsp3) is 0.316. The van der Waals surface area contributed by atoms with E-state index in [0.717, 1.165) is 33.4 Å². The number of benzene rings is 2. The van der Waals surface area contributed by atoms with Crippen molar-refractivity contribution < 1.29 is 9.53 Å². The summed E-state index contributed by atoms with van der Waals surface area (Å²) in [7, 11) is 0. The molecule has 2 aromatic carbocycles. The van der Waals surface area contributed by atoms with Crippen molar-refractivity contribution in [3.05, 3.63) is 64.2 Å². The molecule has 24 heavy (non-hydrogen) atoms. The van der Waals surface area contributed by atoms with Crippen molar-refractivity contribution in [3.63, 3.8) is 0 Å². The van der Waals surface area contributed by atoms with E-state index in [2.05, 4.69) is 5.32 Å². The minimum atomic E-state index is -0.0944. The summed E-state index contributed by atoms with van der Waals surface area (Å²) in [6, 6.07) is 13.7. The molecule has 2 rings (SSSR count). The Morgan fingerprint density at radius 1 is 1.17 bits per heavy atom. The summed E-state index contributed by atoms with van der Waals surface area (Å²) in [6.07, 6.45) is 0. The average Bonchev–Trinajstić information content (AvgIpc) is 2.57. The van der Waals surface area contributed by atoms with Gasteiger partial charge in [0.1, 0.15) is 5.75 Å². The molecule has 128 valence electrons. The molecule has 0 saturated heterocycles. The number of hydrogen-bond donors (Lipinski definition) is 1. The normalized spacial score (nSPS) is 10.5. The number of halogens is 1. The molecule has 2 aromatic rings. The molecule has 0 spiro atoms. The number of carbonyl (C=O) groups excluding carboxylic acids is 1. The first-order chi connectivity index (χ1) is 11.6. The van der Waals surface area contributed by atoms with E-state index in [1.807, 2.05) is 56.3 Å². The van der Waals surface area contributed by atoms with Gasteiger partial charge in [-0.05, 0) is 48.7 Å². The molecule has 5 heteroatoms. The molecule has 0 aliphatic heterocycles. The molecule has 3 nitrogen and oxygen atoms in total. The van der Waals surface area contributed by atoms with Crippen LogP contribution in [0.5, 0.6) is 5.75 Å². The molecule has 0 aliphatic rings. The molecule has 1 N–H and O–H groups in total. The predicted octanol–water partition coefficient (Wildman–Crippen LogP) is 4.39. The highest BCUT2D eigenvalue weighted by atomic mass is 35.5. The number of carbonyl (C=O) groups is 1. The molecule has 0 aromatic heterocycles. The van der Waals surface area contributed by atoms with E-state index in [0.29, 0.717) is 6.54 Å². The van der Waals surface area contributed by atoms with Crippen LogP contribution in [0, 0.1) is 13.8 Å². The molecule has 0 bridgehead atoms. The van der Waals surface area contributed by atoms with E-state index >= 15 is 0 Å². The summed E-state index contributed by atoms with van der Waals surface area (Å²) in [5.74, 6) is 2.44. The Labute approximate surface area is 152 Å². The molecule has 0 heterocycles. The third-order valence-electron chi connectivity index (χ3n) is 3.66. The second kappa shape index (κ2) is 9.60. The average molecular weight is 364 g/mol. The summed E-state index contributed by atoms with van der Waals surface area (Å²) < 4.78 is 5.59. The minimum Gasteiger partial charge on any atom is -0.483 e. The highest BCUT2D eigenvalue weighted by Crippen LogP contribution is 2.20. The zero-order valence-corrected chi connectivity index (χ0v) is 15.5. The maximum absolute atomic E-state index is 11.8. The van der Waals surface area contributed by atoms with Gasteiger partial charge in [-0.2, -0.15) is 11.8 Å². The monoisotopic (exact) mass is 363 g/mol. The smallest absolute Gasteiger partial charge is 0.257 e. The Morgan fingerprint density at radius 2 is 1.92 bits per heavy atom. The van der Waals surface area contributed by atoms with Crippen molar-refractivity contribution in [2.75, 3.05) is 18.9 Å². The van der Waals surface area contributed by atoms with Gasteiger partial charge in [0, 0.05) is 23.1 Å². The zero-order valence-electron chi connectivity index (χ0n) is 14.0. The first-order valence-electron chi connectivity index (χ1n) is 7.84. The quantitative estimate of drug-likeness (QED) is 0.707. The SMILES string of the molecule is Cc1cccc(OCC(=O)NCCSCc2ccc(Cl)cc2)c1C. The fourth-order valence-corrected chi connectivity index (χ4v) is 3.05. The van der Waals surface area contributed by atoms with Gasteiger partial charge in [0.15, 0.2) is 6.61 Å². The Hall–Kier alpha value is -1.65. The van der Waals surface area contributed by atoms with Gasteiger partial charge in [0.2, 0.25) is 0 Å². The third kappa shape index (κ3) is 6.10. The van der Waals surface area contributed by atoms with Gasteiger partial charge in [-0.1, -0.05) is 35.9 Å². The number of amides is 1. The van der Waals surface area contributed by atoms with Crippen LogP contribution in [-0.4, -0.2) is 24.8 Å². The van der Waals surface area contributed by atoms with Crippen molar-refractivity contribution >= 4 is 29.3 Å². The Bertz CT molecular complexity index is 674. The van der Waals surface area contributed by atoms with Gasteiger partial charge in [0.05, 0.1) is 0 Å². The molecular weight excluding hydrogens is 342 g/mol. The van der Waals surface area contributed by atoms with Crippen LogP contribution >= 0.6 is 23.4 Å². The van der Waals surface area contributed by atoms with Gasteiger partial charge in [-0.15, -0.1) is 0 Å². The van der Waals surface area contributed by atoms with Crippen LogP contribution in [0.1, 0.15) is 16.7 Å². The van der Waals surface area contributed by atoms with E-state index in [-0.39, 0.29) is 12.5 Å². The lowest BCUT2D eigenvalue weighted by Gasteiger charge is -2.11. The van der Waals surface area contributed by atoms with Gasteiger partial charge < -0.3 is 10.1 Å². The van der Waals surface area contributed by atoms with Crippen molar-refractivity contribution in [2.24, 2.45) is 0 Å². The van der Waals surface area contributed by atoms with Crippen LogP contribution in [0.4, 0.5) is 0 Å². The van der Waals surface area contributed by atoms with Crippen LogP contribution in [0.3, 0.4) is 0 Å². The molecule has 0 saturated carbocycles. The molecule has 1 amide bonds. The van der Waals surface area contributed by atoms with Crippen LogP contribution in [0.25, 0.3) is 0 Å². The lowest BCUT2D eigenvalue weighted by atomic mass is 10.1. The number of ether oxygens (including phenoxy) is 1. The Kier molecular flexibility index (Phi) is 7.47. The fourth-order valence-electron chi connectivity index (χ4n) is 2.11. The summed E-state index contributed by atoms with van der Waals surface area (Å²) >= 11 is 7.63. The van der Waals surface area contributed by atoms with Gasteiger partial charge >= 0.3 is 0 Å². The van der Waals surface area contributed by atoms with E-state index in [9.17, 15) is 4.79 Å². The standard InChI is InChI=1S/C19H22ClNO2S/c1-14-4-3-5-18(15(14)2)23-12-19(22)21-10-11-24-13-16-6-8-17(20)9-7-16/h3-9H,10-13H2,1-2H3,(H,21,22). The van der Waals surface area contributed by atoms with Gasteiger partial charge in [-0.25, -0.2) is 0 Å². The summed E-state index contributed by atoms with van der Waals surface area (Å²) in [4.78, 5) is 11.8.